The lowest BCUT2D eigenvalue weighted by Crippen LogP contribution is -2.41. The molecule has 32 heavy (non-hydrogen) atoms. The van der Waals surface area contributed by atoms with Crippen molar-refractivity contribution in [3.05, 3.63) is 54.1 Å². The number of carbonyl (C=O) groups excluding carboxylic acids is 1. The van der Waals surface area contributed by atoms with Crippen LogP contribution in [0, 0.1) is 5.95 Å². The lowest BCUT2D eigenvalue weighted by Gasteiger charge is -2.28. The average molecular weight is 437 g/mol. The number of rotatable bonds is 8. The van der Waals surface area contributed by atoms with Gasteiger partial charge in [-0.2, -0.15) is 9.37 Å². The Morgan fingerprint density at radius 1 is 1.09 bits per heavy atom. The van der Waals surface area contributed by atoms with E-state index >= 15 is 4.39 Å². The Kier molecular flexibility index (Phi) is 6.89. The minimum atomic E-state index is -0.692. The molecular formula is C26H33FN4O. The standard InChI is InChI=1S/C26H33FN4O/c1-4-30(18-17-29(3)20-13-7-8-14-20)26(32)23-24(27)28-25(31(23)5-2)22-16-10-12-19-11-6-9-15-21(19)22/h6,9-12,15-16,20H,4-5,7-8,13-14,17-18H2,1-3H3. The van der Waals surface area contributed by atoms with Crippen molar-refractivity contribution in [3.63, 3.8) is 0 Å². The quantitative estimate of drug-likeness (QED) is 0.487. The van der Waals surface area contributed by atoms with E-state index in [0.717, 1.165) is 22.9 Å². The molecule has 0 radical (unpaired) electrons. The van der Waals surface area contributed by atoms with E-state index in [2.05, 4.69) is 16.9 Å². The predicted molar refractivity (Wildman–Crippen MR) is 127 cm³/mol. The van der Waals surface area contributed by atoms with Crippen LogP contribution in [0.15, 0.2) is 42.5 Å². The van der Waals surface area contributed by atoms with E-state index in [1.165, 1.54) is 25.7 Å². The summed E-state index contributed by atoms with van der Waals surface area (Å²) in [6, 6.07) is 14.5. The molecule has 3 aromatic rings. The van der Waals surface area contributed by atoms with E-state index in [1.54, 1.807) is 9.47 Å². The summed E-state index contributed by atoms with van der Waals surface area (Å²) in [6.45, 7) is 6.26. The minimum Gasteiger partial charge on any atom is -0.336 e. The molecule has 5 nitrogen and oxygen atoms in total. The number of imidazole rings is 1. The zero-order valence-corrected chi connectivity index (χ0v) is 19.4. The van der Waals surface area contributed by atoms with Crippen LogP contribution in [0.25, 0.3) is 22.2 Å². The molecule has 6 heteroatoms. The maximum absolute atomic E-state index is 15.1. The second kappa shape index (κ2) is 9.82. The average Bonchev–Trinajstić information content (AvgIpc) is 3.46. The molecule has 1 heterocycles. The van der Waals surface area contributed by atoms with Gasteiger partial charge in [0, 0.05) is 37.8 Å². The highest BCUT2D eigenvalue weighted by atomic mass is 19.1. The van der Waals surface area contributed by atoms with Gasteiger partial charge in [0.25, 0.3) is 5.91 Å². The molecule has 1 fully saturated rings. The summed E-state index contributed by atoms with van der Waals surface area (Å²) < 4.78 is 16.9. The summed E-state index contributed by atoms with van der Waals surface area (Å²) in [5, 5.41) is 2.06. The fourth-order valence-electron chi connectivity index (χ4n) is 4.92. The zero-order chi connectivity index (χ0) is 22.7. The first-order chi connectivity index (χ1) is 15.5. The number of hydrogen-bond donors (Lipinski definition) is 0. The molecule has 4 rings (SSSR count). The fourth-order valence-corrected chi connectivity index (χ4v) is 4.92. The number of aromatic nitrogens is 2. The van der Waals surface area contributed by atoms with Crippen molar-refractivity contribution in [3.8, 4) is 11.4 Å². The summed E-state index contributed by atoms with van der Waals surface area (Å²) in [5.74, 6) is -0.475. The maximum Gasteiger partial charge on any atom is 0.275 e. The van der Waals surface area contributed by atoms with Gasteiger partial charge in [-0.3, -0.25) is 4.79 Å². The van der Waals surface area contributed by atoms with Crippen LogP contribution in [-0.4, -0.2) is 58.0 Å². The molecule has 1 aromatic heterocycles. The third-order valence-electron chi connectivity index (χ3n) is 6.81. The summed E-state index contributed by atoms with van der Waals surface area (Å²) in [5.41, 5.74) is 0.896. The van der Waals surface area contributed by atoms with E-state index < -0.39 is 5.95 Å². The predicted octanol–water partition coefficient (Wildman–Crippen LogP) is 5.20. The van der Waals surface area contributed by atoms with Crippen LogP contribution in [-0.2, 0) is 6.54 Å². The Morgan fingerprint density at radius 3 is 2.53 bits per heavy atom. The molecule has 2 aromatic carbocycles. The summed E-state index contributed by atoms with van der Waals surface area (Å²) in [6.07, 6.45) is 5.01. The molecule has 170 valence electrons. The van der Waals surface area contributed by atoms with Gasteiger partial charge in [-0.05, 0) is 44.5 Å². The van der Waals surface area contributed by atoms with Crippen molar-refractivity contribution in [2.24, 2.45) is 0 Å². The molecule has 1 saturated carbocycles. The lowest BCUT2D eigenvalue weighted by molar-refractivity contribution is 0.0725. The van der Waals surface area contributed by atoms with Gasteiger partial charge in [-0.15, -0.1) is 0 Å². The largest absolute Gasteiger partial charge is 0.336 e. The zero-order valence-electron chi connectivity index (χ0n) is 19.4. The first kappa shape index (κ1) is 22.5. The van der Waals surface area contributed by atoms with Crippen molar-refractivity contribution in [2.45, 2.75) is 52.1 Å². The van der Waals surface area contributed by atoms with Crippen LogP contribution in [0.1, 0.15) is 50.0 Å². The fraction of sp³-hybridized carbons (Fsp3) is 0.462. The van der Waals surface area contributed by atoms with Crippen molar-refractivity contribution in [2.75, 3.05) is 26.7 Å². The monoisotopic (exact) mass is 436 g/mol. The van der Waals surface area contributed by atoms with Gasteiger partial charge >= 0.3 is 0 Å². The number of fused-ring (bicyclic) bond motifs is 1. The number of likely N-dealkylation sites (N-methyl/N-ethyl adjacent to an activating group) is 2. The van der Waals surface area contributed by atoms with E-state index in [-0.39, 0.29) is 11.6 Å². The highest BCUT2D eigenvalue weighted by molar-refractivity contribution is 5.97. The van der Waals surface area contributed by atoms with Crippen molar-refractivity contribution in [1.29, 1.82) is 0 Å². The third kappa shape index (κ3) is 4.29. The Morgan fingerprint density at radius 2 is 1.81 bits per heavy atom. The highest BCUT2D eigenvalue weighted by Crippen LogP contribution is 2.30. The third-order valence-corrected chi connectivity index (χ3v) is 6.81. The van der Waals surface area contributed by atoms with Gasteiger partial charge in [0.2, 0.25) is 5.95 Å². The number of halogens is 1. The van der Waals surface area contributed by atoms with Crippen molar-refractivity contribution in [1.82, 2.24) is 19.4 Å². The molecule has 0 atom stereocenters. The molecule has 0 bridgehead atoms. The summed E-state index contributed by atoms with van der Waals surface area (Å²) >= 11 is 0. The van der Waals surface area contributed by atoms with Crippen molar-refractivity contribution >= 4 is 16.7 Å². The Balaban J connectivity index is 1.63. The van der Waals surface area contributed by atoms with Gasteiger partial charge in [0.1, 0.15) is 5.82 Å². The van der Waals surface area contributed by atoms with Gasteiger partial charge < -0.3 is 14.4 Å². The van der Waals surface area contributed by atoms with E-state index in [9.17, 15) is 4.79 Å². The van der Waals surface area contributed by atoms with Gasteiger partial charge in [-0.25, -0.2) is 0 Å². The number of hydrogen-bond acceptors (Lipinski definition) is 3. The van der Waals surface area contributed by atoms with Crippen molar-refractivity contribution < 1.29 is 9.18 Å². The Hall–Kier alpha value is -2.73. The molecule has 1 aliphatic carbocycles. The van der Waals surface area contributed by atoms with Crippen LogP contribution in [0.4, 0.5) is 4.39 Å². The van der Waals surface area contributed by atoms with Crippen LogP contribution in [0.3, 0.4) is 0 Å². The number of nitrogens with zero attached hydrogens (tertiary/aromatic N) is 4. The van der Waals surface area contributed by atoms with Gasteiger partial charge in [-0.1, -0.05) is 55.3 Å². The number of benzene rings is 2. The number of amides is 1. The molecule has 0 unspecified atom stereocenters. The summed E-state index contributed by atoms with van der Waals surface area (Å²) in [7, 11) is 2.13. The number of carbonyl (C=O) groups is 1. The normalized spacial score (nSPS) is 14.5. The molecule has 1 aliphatic rings. The lowest BCUT2D eigenvalue weighted by atomic mass is 10.0. The van der Waals surface area contributed by atoms with E-state index in [1.807, 2.05) is 56.3 Å². The molecule has 0 N–H and O–H groups in total. The minimum absolute atomic E-state index is 0.0563. The first-order valence-electron chi connectivity index (χ1n) is 11.8. The first-order valence-corrected chi connectivity index (χ1v) is 11.8. The molecule has 0 aliphatic heterocycles. The van der Waals surface area contributed by atoms with E-state index in [4.69, 9.17) is 0 Å². The molecule has 0 spiro atoms. The van der Waals surface area contributed by atoms with Gasteiger partial charge in [0.05, 0.1) is 0 Å². The van der Waals surface area contributed by atoms with Gasteiger partial charge in [0.15, 0.2) is 5.69 Å². The Labute approximate surface area is 189 Å². The van der Waals surface area contributed by atoms with Crippen LogP contribution < -0.4 is 0 Å². The molecular weight excluding hydrogens is 403 g/mol. The SMILES string of the molecule is CCN(CCN(C)C1CCCC1)C(=O)c1c(F)nc(-c2cccc3ccccc23)n1CC. The Bertz CT molecular complexity index is 1080. The van der Waals surface area contributed by atoms with E-state index in [0.29, 0.717) is 31.5 Å². The second-order valence-electron chi connectivity index (χ2n) is 8.65. The van der Waals surface area contributed by atoms with Crippen LogP contribution in [0.2, 0.25) is 0 Å². The molecule has 0 saturated heterocycles. The van der Waals surface area contributed by atoms with Crippen LogP contribution >= 0.6 is 0 Å². The highest BCUT2D eigenvalue weighted by Gasteiger charge is 2.28. The topological polar surface area (TPSA) is 41.4 Å². The summed E-state index contributed by atoms with van der Waals surface area (Å²) in [4.78, 5) is 21.7. The second-order valence-corrected chi connectivity index (χ2v) is 8.65. The smallest absolute Gasteiger partial charge is 0.275 e. The van der Waals surface area contributed by atoms with Crippen LogP contribution in [0.5, 0.6) is 0 Å². The maximum atomic E-state index is 15.1. The molecule has 1 amide bonds.